The van der Waals surface area contributed by atoms with Crippen LogP contribution in [0.1, 0.15) is 43.7 Å². The minimum atomic E-state index is -0.685. The van der Waals surface area contributed by atoms with Gasteiger partial charge in [0.15, 0.2) is 0 Å². The second kappa shape index (κ2) is 9.30. The first-order chi connectivity index (χ1) is 13.5. The monoisotopic (exact) mass is 381 g/mol. The first-order valence-corrected chi connectivity index (χ1v) is 9.65. The molecule has 0 saturated heterocycles. The molecule has 2 N–H and O–H groups in total. The minimum absolute atomic E-state index is 0.0913. The Kier molecular flexibility index (Phi) is 6.57. The van der Waals surface area contributed by atoms with Gasteiger partial charge >= 0.3 is 5.97 Å². The number of anilines is 2. The zero-order valence-electron chi connectivity index (χ0n) is 16.4. The predicted molar refractivity (Wildman–Crippen MR) is 110 cm³/mol. The summed E-state index contributed by atoms with van der Waals surface area (Å²) >= 11 is 0. The van der Waals surface area contributed by atoms with Crippen LogP contribution in [0.25, 0.3) is 0 Å². The molecule has 1 fully saturated rings. The van der Waals surface area contributed by atoms with E-state index < -0.39 is 12.0 Å². The third-order valence-electron chi connectivity index (χ3n) is 4.92. The highest BCUT2D eigenvalue weighted by atomic mass is 16.5. The van der Waals surface area contributed by atoms with Crippen molar-refractivity contribution in [3.8, 4) is 0 Å². The molecule has 0 aliphatic heterocycles. The number of nitrogens with zero attached hydrogens (tertiary/aromatic N) is 3. The molecule has 1 unspecified atom stereocenters. The van der Waals surface area contributed by atoms with E-state index in [1.54, 1.807) is 18.5 Å². The van der Waals surface area contributed by atoms with Crippen molar-refractivity contribution in [2.24, 2.45) is 0 Å². The molecule has 1 heterocycles. The molecular weight excluding hydrogens is 354 g/mol. The zero-order valence-corrected chi connectivity index (χ0v) is 16.4. The lowest BCUT2D eigenvalue weighted by atomic mass is 9.97. The highest BCUT2D eigenvalue weighted by Crippen LogP contribution is 2.24. The molecule has 1 aliphatic rings. The molecule has 0 spiro atoms. The maximum atomic E-state index is 12.7. The van der Waals surface area contributed by atoms with Crippen LogP contribution >= 0.6 is 0 Å². The van der Waals surface area contributed by atoms with Gasteiger partial charge in [0.1, 0.15) is 17.9 Å². The maximum Gasteiger partial charge on any atom is 0.354 e. The summed E-state index contributed by atoms with van der Waals surface area (Å²) in [7, 11) is 3.93. The Labute approximate surface area is 165 Å². The molecule has 3 rings (SSSR count). The molecule has 7 nitrogen and oxygen atoms in total. The summed E-state index contributed by atoms with van der Waals surface area (Å²) in [6, 6.07) is 8.74. The van der Waals surface area contributed by atoms with E-state index in [9.17, 15) is 4.79 Å². The van der Waals surface area contributed by atoms with Crippen LogP contribution in [0.5, 0.6) is 0 Å². The summed E-state index contributed by atoms with van der Waals surface area (Å²) < 4.78 is 5.60. The third kappa shape index (κ3) is 5.06. The Hall–Kier alpha value is -2.96. The zero-order chi connectivity index (χ0) is 19.9. The van der Waals surface area contributed by atoms with Crippen molar-refractivity contribution in [2.75, 3.05) is 24.3 Å². The number of carbonyl (C=O) groups excluding carboxylic acids is 1. The van der Waals surface area contributed by atoms with Crippen molar-refractivity contribution in [1.29, 1.82) is 5.41 Å². The van der Waals surface area contributed by atoms with Gasteiger partial charge in [0.25, 0.3) is 0 Å². The van der Waals surface area contributed by atoms with Crippen molar-refractivity contribution in [2.45, 2.75) is 44.2 Å². The first kappa shape index (κ1) is 19.8. The smallest absolute Gasteiger partial charge is 0.354 e. The number of benzene rings is 1. The van der Waals surface area contributed by atoms with Gasteiger partial charge in [-0.2, -0.15) is 0 Å². The standard InChI is InChI=1S/C21H27N5O2/c1-26(2)16-11-9-15(10-12-16)19(25-21-23-13-6-14-24-21)18(22)20(27)28-17-7-4-3-5-8-17/h6,9-14,17,19,22H,3-5,7-8H2,1-2H3,(H,23,24,25). The van der Waals surface area contributed by atoms with E-state index in [2.05, 4.69) is 15.3 Å². The van der Waals surface area contributed by atoms with Crippen molar-refractivity contribution in [3.63, 3.8) is 0 Å². The molecule has 2 aromatic rings. The van der Waals surface area contributed by atoms with Crippen LogP contribution in [0, 0.1) is 5.41 Å². The average molecular weight is 381 g/mol. The van der Waals surface area contributed by atoms with E-state index in [0.29, 0.717) is 5.95 Å². The molecule has 7 heteroatoms. The summed E-state index contributed by atoms with van der Waals surface area (Å²) in [4.78, 5) is 23.0. The first-order valence-electron chi connectivity index (χ1n) is 9.65. The summed E-state index contributed by atoms with van der Waals surface area (Å²) in [6.45, 7) is 0. The Morgan fingerprint density at radius 2 is 1.79 bits per heavy atom. The molecule has 1 saturated carbocycles. The van der Waals surface area contributed by atoms with E-state index in [1.165, 1.54) is 6.42 Å². The molecule has 148 valence electrons. The molecule has 1 aromatic carbocycles. The van der Waals surface area contributed by atoms with Gasteiger partial charge in [-0.15, -0.1) is 0 Å². The normalized spacial score (nSPS) is 15.5. The van der Waals surface area contributed by atoms with Crippen LogP contribution in [0.4, 0.5) is 11.6 Å². The van der Waals surface area contributed by atoms with Crippen molar-refractivity contribution in [1.82, 2.24) is 9.97 Å². The van der Waals surface area contributed by atoms with E-state index in [1.807, 2.05) is 43.3 Å². The van der Waals surface area contributed by atoms with Crippen LogP contribution in [0.3, 0.4) is 0 Å². The minimum Gasteiger partial charge on any atom is -0.458 e. The molecule has 0 radical (unpaired) electrons. The number of carbonyl (C=O) groups is 1. The van der Waals surface area contributed by atoms with Gasteiger partial charge in [-0.3, -0.25) is 5.41 Å². The number of aromatic nitrogens is 2. The largest absolute Gasteiger partial charge is 0.458 e. The van der Waals surface area contributed by atoms with Gasteiger partial charge in [-0.05, 0) is 49.4 Å². The van der Waals surface area contributed by atoms with Crippen molar-refractivity contribution < 1.29 is 9.53 Å². The van der Waals surface area contributed by atoms with Crippen LogP contribution in [0.2, 0.25) is 0 Å². The van der Waals surface area contributed by atoms with Gasteiger partial charge in [0, 0.05) is 32.2 Å². The van der Waals surface area contributed by atoms with Crippen molar-refractivity contribution >= 4 is 23.3 Å². The molecule has 1 aromatic heterocycles. The SMILES string of the molecule is CN(C)c1ccc(C(Nc2ncccn2)C(=N)C(=O)OC2CCCCC2)cc1. The Bertz CT molecular complexity index is 786. The highest BCUT2D eigenvalue weighted by Gasteiger charge is 2.28. The third-order valence-corrected chi connectivity index (χ3v) is 4.92. The van der Waals surface area contributed by atoms with E-state index in [0.717, 1.165) is 36.9 Å². The number of ether oxygens (including phenoxy) is 1. The van der Waals surface area contributed by atoms with E-state index >= 15 is 0 Å². The topological polar surface area (TPSA) is 91.2 Å². The molecule has 1 atom stereocenters. The van der Waals surface area contributed by atoms with Crippen molar-refractivity contribution in [3.05, 3.63) is 48.3 Å². The lowest BCUT2D eigenvalue weighted by molar-refractivity contribution is -0.142. The molecule has 0 amide bonds. The Morgan fingerprint density at radius 1 is 1.14 bits per heavy atom. The Morgan fingerprint density at radius 3 is 2.39 bits per heavy atom. The summed E-state index contributed by atoms with van der Waals surface area (Å²) in [5.74, 6) is -0.226. The number of hydrogen-bond donors (Lipinski definition) is 2. The lowest BCUT2D eigenvalue weighted by Gasteiger charge is -2.24. The van der Waals surface area contributed by atoms with E-state index in [-0.39, 0.29) is 11.8 Å². The van der Waals surface area contributed by atoms with Crippen LogP contribution in [-0.4, -0.2) is 41.8 Å². The summed E-state index contributed by atoms with van der Waals surface area (Å²) in [6.07, 6.45) is 8.20. The van der Waals surface area contributed by atoms with Gasteiger partial charge in [0.05, 0.1) is 0 Å². The maximum absolute atomic E-state index is 12.7. The quantitative estimate of drug-likeness (QED) is 0.563. The fraction of sp³-hybridized carbons (Fsp3) is 0.429. The van der Waals surface area contributed by atoms with Gasteiger partial charge in [-0.1, -0.05) is 18.6 Å². The molecule has 28 heavy (non-hydrogen) atoms. The molecule has 1 aliphatic carbocycles. The fourth-order valence-corrected chi connectivity index (χ4v) is 3.31. The number of hydrogen-bond acceptors (Lipinski definition) is 7. The van der Waals surface area contributed by atoms with E-state index in [4.69, 9.17) is 10.1 Å². The lowest BCUT2D eigenvalue weighted by Crippen LogP contribution is -2.32. The molecular formula is C21H27N5O2. The van der Waals surface area contributed by atoms with Gasteiger partial charge in [0.2, 0.25) is 5.95 Å². The fourth-order valence-electron chi connectivity index (χ4n) is 3.31. The number of esters is 1. The summed E-state index contributed by atoms with van der Waals surface area (Å²) in [5, 5.41) is 11.6. The number of nitrogens with one attached hydrogen (secondary N) is 2. The predicted octanol–water partition coefficient (Wildman–Crippen LogP) is 3.59. The highest BCUT2D eigenvalue weighted by molar-refractivity contribution is 6.37. The number of rotatable bonds is 7. The molecule has 0 bridgehead atoms. The van der Waals surface area contributed by atoms with Crippen LogP contribution in [-0.2, 0) is 9.53 Å². The van der Waals surface area contributed by atoms with Gasteiger partial charge < -0.3 is 15.0 Å². The van der Waals surface area contributed by atoms with Gasteiger partial charge in [-0.25, -0.2) is 14.8 Å². The summed E-state index contributed by atoms with van der Waals surface area (Å²) in [5.41, 5.74) is 1.68. The van der Waals surface area contributed by atoms with Crippen LogP contribution in [0.15, 0.2) is 42.7 Å². The second-order valence-corrected chi connectivity index (χ2v) is 7.21. The average Bonchev–Trinajstić information content (AvgIpc) is 2.73. The Balaban J connectivity index is 1.80. The second-order valence-electron chi connectivity index (χ2n) is 7.21. The van der Waals surface area contributed by atoms with Crippen LogP contribution < -0.4 is 10.2 Å².